The molecule has 0 N–H and O–H groups in total. The number of nitrogens with zero attached hydrogens (tertiary/aromatic N) is 3. The van der Waals surface area contributed by atoms with Crippen LogP contribution < -0.4 is 4.74 Å². The highest BCUT2D eigenvalue weighted by Gasteiger charge is 2.27. The Morgan fingerprint density at radius 2 is 2.26 bits per heavy atom. The van der Waals surface area contributed by atoms with Crippen LogP contribution >= 0.6 is 11.6 Å². The average molecular weight is 342 g/mol. The molecule has 0 radical (unpaired) electrons. The molecule has 1 aromatic rings. The van der Waals surface area contributed by atoms with Crippen LogP contribution in [-0.4, -0.2) is 46.3 Å². The number of carbonyl (C=O) groups is 1. The number of ether oxygens (including phenoxy) is 2. The van der Waals surface area contributed by atoms with Crippen LogP contribution in [0.3, 0.4) is 0 Å². The Labute approximate surface area is 142 Å². The highest BCUT2D eigenvalue weighted by atomic mass is 35.5. The number of halogens is 1. The van der Waals surface area contributed by atoms with Gasteiger partial charge in [0, 0.05) is 25.4 Å². The number of hydrogen-bond acceptors (Lipinski definition) is 5. The second-order valence-electron chi connectivity index (χ2n) is 6.74. The molecule has 23 heavy (non-hydrogen) atoms. The topological polar surface area (TPSA) is 64.5 Å². The summed E-state index contributed by atoms with van der Waals surface area (Å²) in [6.07, 6.45) is 4.28. The van der Waals surface area contributed by atoms with Gasteiger partial charge in [0.2, 0.25) is 11.2 Å². The summed E-state index contributed by atoms with van der Waals surface area (Å²) >= 11 is 5.72. The normalized spacial score (nSPS) is 18.6. The van der Waals surface area contributed by atoms with Crippen LogP contribution in [0.1, 0.15) is 40.0 Å². The molecule has 2 heterocycles. The molecule has 0 spiro atoms. The van der Waals surface area contributed by atoms with Crippen LogP contribution in [0.4, 0.5) is 4.79 Å². The molecule has 1 saturated heterocycles. The zero-order valence-corrected chi connectivity index (χ0v) is 14.7. The second-order valence-corrected chi connectivity index (χ2v) is 7.07. The quantitative estimate of drug-likeness (QED) is 0.784. The highest BCUT2D eigenvalue weighted by molar-refractivity contribution is 6.28. The van der Waals surface area contributed by atoms with Gasteiger partial charge in [-0.2, -0.15) is 4.98 Å². The minimum absolute atomic E-state index is 0.177. The van der Waals surface area contributed by atoms with Crippen LogP contribution in [0.15, 0.2) is 12.3 Å². The summed E-state index contributed by atoms with van der Waals surface area (Å²) in [5.41, 5.74) is -0.459. The fourth-order valence-electron chi connectivity index (χ4n) is 2.52. The van der Waals surface area contributed by atoms with Crippen LogP contribution in [-0.2, 0) is 4.74 Å². The van der Waals surface area contributed by atoms with Crippen molar-refractivity contribution in [1.82, 2.24) is 14.9 Å². The third kappa shape index (κ3) is 6.22. The molecule has 1 aliphatic heterocycles. The first kappa shape index (κ1) is 17.8. The van der Waals surface area contributed by atoms with E-state index in [1.807, 2.05) is 20.8 Å². The molecule has 1 aromatic heterocycles. The van der Waals surface area contributed by atoms with Gasteiger partial charge >= 0.3 is 6.09 Å². The van der Waals surface area contributed by atoms with Crippen molar-refractivity contribution in [1.29, 1.82) is 0 Å². The molecule has 0 saturated carbocycles. The zero-order chi connectivity index (χ0) is 16.9. The summed E-state index contributed by atoms with van der Waals surface area (Å²) in [4.78, 5) is 21.7. The number of rotatable bonds is 4. The van der Waals surface area contributed by atoms with E-state index in [0.29, 0.717) is 24.9 Å². The molecule has 7 heteroatoms. The number of hydrogen-bond donors (Lipinski definition) is 0. The number of likely N-dealkylation sites (tertiary alicyclic amines) is 1. The summed E-state index contributed by atoms with van der Waals surface area (Å²) in [6.45, 7) is 7.66. The maximum absolute atomic E-state index is 12.1. The summed E-state index contributed by atoms with van der Waals surface area (Å²) in [6, 6.07) is 1.68. The molecule has 0 bridgehead atoms. The molecule has 6 nitrogen and oxygen atoms in total. The van der Waals surface area contributed by atoms with E-state index in [1.165, 1.54) is 0 Å². The van der Waals surface area contributed by atoms with Crippen molar-refractivity contribution in [2.24, 2.45) is 5.92 Å². The number of aromatic nitrogens is 2. The first-order chi connectivity index (χ1) is 10.8. The Morgan fingerprint density at radius 3 is 2.96 bits per heavy atom. The average Bonchev–Trinajstić information content (AvgIpc) is 2.46. The lowest BCUT2D eigenvalue weighted by Crippen LogP contribution is -2.43. The predicted molar refractivity (Wildman–Crippen MR) is 87.7 cm³/mol. The zero-order valence-electron chi connectivity index (χ0n) is 13.9. The van der Waals surface area contributed by atoms with Crippen molar-refractivity contribution in [3.8, 4) is 5.88 Å². The van der Waals surface area contributed by atoms with Crippen LogP contribution in [0.2, 0.25) is 5.28 Å². The standard InChI is InChI=1S/C16H24ClN3O3/c1-16(2,3)23-15(21)20-9-4-5-12(11-20)7-10-22-13-6-8-18-14(17)19-13/h6,8,12H,4-5,7,9-11H2,1-3H3. The van der Waals surface area contributed by atoms with E-state index < -0.39 is 5.60 Å². The predicted octanol–water partition coefficient (Wildman–Crippen LogP) is 3.55. The maximum Gasteiger partial charge on any atom is 0.410 e. The van der Waals surface area contributed by atoms with E-state index in [1.54, 1.807) is 17.2 Å². The van der Waals surface area contributed by atoms with Gasteiger partial charge in [0.05, 0.1) is 6.61 Å². The fourth-order valence-corrected chi connectivity index (χ4v) is 2.66. The SMILES string of the molecule is CC(C)(C)OC(=O)N1CCCC(CCOc2ccnc(Cl)n2)C1. The number of amides is 1. The summed E-state index contributed by atoms with van der Waals surface area (Å²) < 4.78 is 11.0. The number of piperidine rings is 1. The van der Waals surface area contributed by atoms with Crippen molar-refractivity contribution in [3.63, 3.8) is 0 Å². The van der Waals surface area contributed by atoms with Gasteiger partial charge in [-0.25, -0.2) is 9.78 Å². The van der Waals surface area contributed by atoms with Crippen molar-refractivity contribution in [3.05, 3.63) is 17.5 Å². The lowest BCUT2D eigenvalue weighted by molar-refractivity contribution is 0.0154. The Kier molecular flexibility index (Phi) is 6.04. The number of carbonyl (C=O) groups excluding carboxylic acids is 1. The third-order valence-corrected chi connectivity index (χ3v) is 3.73. The maximum atomic E-state index is 12.1. The molecule has 1 unspecified atom stereocenters. The van der Waals surface area contributed by atoms with Crippen molar-refractivity contribution in [2.45, 2.75) is 45.6 Å². The lowest BCUT2D eigenvalue weighted by atomic mass is 9.95. The van der Waals surface area contributed by atoms with E-state index in [4.69, 9.17) is 21.1 Å². The monoisotopic (exact) mass is 341 g/mol. The minimum Gasteiger partial charge on any atom is -0.478 e. The van der Waals surface area contributed by atoms with Gasteiger partial charge in [-0.05, 0) is 57.6 Å². The van der Waals surface area contributed by atoms with Crippen molar-refractivity contribution >= 4 is 17.7 Å². The van der Waals surface area contributed by atoms with Gasteiger partial charge in [-0.1, -0.05) is 0 Å². The van der Waals surface area contributed by atoms with Crippen molar-refractivity contribution in [2.75, 3.05) is 19.7 Å². The molecule has 1 amide bonds. The smallest absolute Gasteiger partial charge is 0.410 e. The van der Waals surface area contributed by atoms with E-state index >= 15 is 0 Å². The highest BCUT2D eigenvalue weighted by Crippen LogP contribution is 2.22. The largest absolute Gasteiger partial charge is 0.478 e. The molecule has 0 aliphatic carbocycles. The Hall–Kier alpha value is -1.56. The van der Waals surface area contributed by atoms with E-state index in [0.717, 1.165) is 25.8 Å². The van der Waals surface area contributed by atoms with Crippen LogP contribution in [0.5, 0.6) is 5.88 Å². The Balaban J connectivity index is 1.76. The molecule has 2 rings (SSSR count). The minimum atomic E-state index is -0.459. The lowest BCUT2D eigenvalue weighted by Gasteiger charge is -2.34. The molecule has 1 fully saturated rings. The van der Waals surface area contributed by atoms with Gasteiger partial charge in [0.15, 0.2) is 0 Å². The molecule has 1 atom stereocenters. The van der Waals surface area contributed by atoms with Gasteiger partial charge < -0.3 is 14.4 Å². The fraction of sp³-hybridized carbons (Fsp3) is 0.688. The summed E-state index contributed by atoms with van der Waals surface area (Å²) in [5.74, 6) is 0.887. The first-order valence-corrected chi connectivity index (χ1v) is 8.30. The molecular weight excluding hydrogens is 318 g/mol. The Morgan fingerprint density at radius 1 is 1.48 bits per heavy atom. The molecule has 128 valence electrons. The second kappa shape index (κ2) is 7.81. The van der Waals surface area contributed by atoms with Crippen molar-refractivity contribution < 1.29 is 14.3 Å². The summed E-state index contributed by atoms with van der Waals surface area (Å²) in [5, 5.41) is 0.177. The van der Waals surface area contributed by atoms with E-state index in [9.17, 15) is 4.79 Å². The van der Waals surface area contributed by atoms with Gasteiger partial charge in [0.25, 0.3) is 0 Å². The van der Waals surface area contributed by atoms with Crippen LogP contribution in [0, 0.1) is 5.92 Å². The van der Waals surface area contributed by atoms with E-state index in [-0.39, 0.29) is 11.4 Å². The van der Waals surface area contributed by atoms with Gasteiger partial charge in [-0.15, -0.1) is 0 Å². The van der Waals surface area contributed by atoms with Gasteiger partial charge in [0.1, 0.15) is 5.60 Å². The van der Waals surface area contributed by atoms with Crippen LogP contribution in [0.25, 0.3) is 0 Å². The van der Waals surface area contributed by atoms with E-state index in [2.05, 4.69) is 9.97 Å². The molecule has 1 aliphatic rings. The Bertz CT molecular complexity index is 534. The summed E-state index contributed by atoms with van der Waals surface area (Å²) in [7, 11) is 0. The third-order valence-electron chi connectivity index (χ3n) is 3.55. The van der Waals surface area contributed by atoms with Gasteiger partial charge in [-0.3, -0.25) is 0 Å². The molecular formula is C16H24ClN3O3. The molecule has 0 aromatic carbocycles. The first-order valence-electron chi connectivity index (χ1n) is 7.93.